The fraction of sp³-hybridized carbons (Fsp3) is 0.100. The maximum absolute atomic E-state index is 12.5. The van der Waals surface area contributed by atoms with Gasteiger partial charge in [0, 0.05) is 25.4 Å². The summed E-state index contributed by atoms with van der Waals surface area (Å²) in [6, 6.07) is 16.3. The van der Waals surface area contributed by atoms with Crippen LogP contribution in [0.5, 0.6) is 0 Å². The van der Waals surface area contributed by atoms with Crippen molar-refractivity contribution in [2.24, 2.45) is 7.05 Å². The number of aryl methyl sites for hydroxylation is 1. The zero-order valence-electron chi connectivity index (χ0n) is 15.6. The first-order valence-corrected chi connectivity index (χ1v) is 8.86. The van der Waals surface area contributed by atoms with Gasteiger partial charge in [-0.25, -0.2) is 0 Å². The minimum absolute atomic E-state index is 0.153. The largest absolute Gasteiger partial charge is 0.459 e. The first kappa shape index (κ1) is 18.2. The Labute approximate surface area is 165 Å². The average Bonchev–Trinajstić information content (AvgIpc) is 3.45. The van der Waals surface area contributed by atoms with Gasteiger partial charge < -0.3 is 15.1 Å². The van der Waals surface area contributed by atoms with Gasteiger partial charge in [-0.2, -0.15) is 10.2 Å². The van der Waals surface area contributed by atoms with Gasteiger partial charge in [-0.05, 0) is 17.7 Å². The predicted octanol–water partition coefficient (Wildman–Crippen LogP) is 2.76. The Hall–Kier alpha value is -4.14. The number of amides is 2. The van der Waals surface area contributed by atoms with Crippen molar-refractivity contribution in [3.8, 4) is 0 Å². The zero-order chi connectivity index (χ0) is 20.2. The number of carbonyl (C=O) groups is 2. The van der Waals surface area contributed by atoms with Crippen LogP contribution in [-0.4, -0.2) is 31.4 Å². The highest BCUT2D eigenvalue weighted by molar-refractivity contribution is 6.05. The van der Waals surface area contributed by atoms with Crippen molar-refractivity contribution in [3.05, 3.63) is 84.1 Å². The van der Waals surface area contributed by atoms with E-state index in [-0.39, 0.29) is 11.5 Å². The van der Waals surface area contributed by atoms with Gasteiger partial charge in [0.05, 0.1) is 12.8 Å². The molecule has 0 fully saturated rings. The van der Waals surface area contributed by atoms with Gasteiger partial charge in [-0.3, -0.25) is 19.0 Å². The van der Waals surface area contributed by atoms with Crippen LogP contribution in [0, 0.1) is 0 Å². The minimum Gasteiger partial charge on any atom is -0.459 e. The summed E-state index contributed by atoms with van der Waals surface area (Å²) in [5, 5.41) is 13.8. The molecule has 3 heterocycles. The van der Waals surface area contributed by atoms with Crippen LogP contribution in [-0.2, 0) is 13.6 Å². The van der Waals surface area contributed by atoms with Gasteiger partial charge in [-0.15, -0.1) is 0 Å². The summed E-state index contributed by atoms with van der Waals surface area (Å²) in [5.74, 6) is 0.0961. The molecule has 2 N–H and O–H groups in total. The standard InChI is InChI=1S/C20H18N6O3/c1-25-18(22-20(28)16-8-5-11-29-16)12-15(23-25)19(27)21-17-9-10-26(24-17)13-14-6-3-2-4-7-14/h2-12H,13H2,1H3,(H,22,28)(H,21,24,27). The Morgan fingerprint density at radius 2 is 1.83 bits per heavy atom. The molecule has 4 rings (SSSR count). The van der Waals surface area contributed by atoms with E-state index in [1.54, 1.807) is 36.1 Å². The van der Waals surface area contributed by atoms with Gasteiger partial charge in [0.1, 0.15) is 5.82 Å². The molecule has 0 radical (unpaired) electrons. The van der Waals surface area contributed by atoms with E-state index in [0.29, 0.717) is 18.2 Å². The molecular formula is C20H18N6O3. The molecule has 9 heteroatoms. The maximum atomic E-state index is 12.5. The second-order valence-electron chi connectivity index (χ2n) is 6.31. The van der Waals surface area contributed by atoms with Crippen molar-refractivity contribution in [2.45, 2.75) is 6.54 Å². The van der Waals surface area contributed by atoms with Crippen LogP contribution in [0.3, 0.4) is 0 Å². The van der Waals surface area contributed by atoms with E-state index < -0.39 is 11.8 Å². The number of rotatable bonds is 6. The molecule has 146 valence electrons. The molecule has 0 spiro atoms. The number of furan rings is 1. The van der Waals surface area contributed by atoms with Crippen LogP contribution in [0.4, 0.5) is 11.6 Å². The molecule has 0 atom stereocenters. The monoisotopic (exact) mass is 390 g/mol. The summed E-state index contributed by atoms with van der Waals surface area (Å²) in [6.45, 7) is 0.600. The molecule has 0 aliphatic rings. The van der Waals surface area contributed by atoms with E-state index in [1.807, 2.05) is 30.3 Å². The van der Waals surface area contributed by atoms with Crippen molar-refractivity contribution in [3.63, 3.8) is 0 Å². The van der Waals surface area contributed by atoms with Gasteiger partial charge in [0.2, 0.25) is 0 Å². The lowest BCUT2D eigenvalue weighted by molar-refractivity contribution is 0.0993. The smallest absolute Gasteiger partial charge is 0.292 e. The van der Waals surface area contributed by atoms with Crippen molar-refractivity contribution in [2.75, 3.05) is 10.6 Å². The van der Waals surface area contributed by atoms with Gasteiger partial charge in [0.15, 0.2) is 17.3 Å². The van der Waals surface area contributed by atoms with E-state index in [0.717, 1.165) is 5.56 Å². The number of aromatic nitrogens is 4. The Balaban J connectivity index is 1.41. The Morgan fingerprint density at radius 3 is 2.59 bits per heavy atom. The number of hydrogen-bond acceptors (Lipinski definition) is 5. The lowest BCUT2D eigenvalue weighted by atomic mass is 10.2. The fourth-order valence-electron chi connectivity index (χ4n) is 2.75. The topological polar surface area (TPSA) is 107 Å². The molecule has 4 aromatic rings. The second kappa shape index (κ2) is 7.85. The third-order valence-electron chi connectivity index (χ3n) is 4.17. The summed E-state index contributed by atoms with van der Waals surface area (Å²) >= 11 is 0. The third-order valence-corrected chi connectivity index (χ3v) is 4.17. The highest BCUT2D eigenvalue weighted by Gasteiger charge is 2.17. The highest BCUT2D eigenvalue weighted by Crippen LogP contribution is 2.14. The fourth-order valence-corrected chi connectivity index (χ4v) is 2.75. The van der Waals surface area contributed by atoms with Crippen LogP contribution < -0.4 is 10.6 Å². The van der Waals surface area contributed by atoms with E-state index in [9.17, 15) is 9.59 Å². The second-order valence-corrected chi connectivity index (χ2v) is 6.31. The minimum atomic E-state index is -0.427. The molecule has 9 nitrogen and oxygen atoms in total. The van der Waals surface area contributed by atoms with Crippen molar-refractivity contribution in [1.82, 2.24) is 19.6 Å². The molecule has 1 aromatic carbocycles. The van der Waals surface area contributed by atoms with Gasteiger partial charge >= 0.3 is 0 Å². The van der Waals surface area contributed by atoms with Crippen molar-refractivity contribution in [1.29, 1.82) is 0 Å². The molecule has 0 aliphatic carbocycles. The predicted molar refractivity (Wildman–Crippen MR) is 106 cm³/mol. The normalized spacial score (nSPS) is 10.7. The molecule has 0 aliphatic heterocycles. The molecule has 29 heavy (non-hydrogen) atoms. The van der Waals surface area contributed by atoms with Crippen molar-refractivity contribution < 1.29 is 14.0 Å². The molecule has 0 saturated carbocycles. The molecule has 0 bridgehead atoms. The lowest BCUT2D eigenvalue weighted by Crippen LogP contribution is -2.14. The molecule has 2 amide bonds. The average molecular weight is 390 g/mol. The summed E-state index contributed by atoms with van der Waals surface area (Å²) in [7, 11) is 1.63. The zero-order valence-corrected chi connectivity index (χ0v) is 15.6. The number of nitrogens with zero attached hydrogens (tertiary/aromatic N) is 4. The van der Waals surface area contributed by atoms with E-state index in [1.165, 1.54) is 17.0 Å². The number of carbonyl (C=O) groups excluding carboxylic acids is 2. The molecule has 0 saturated heterocycles. The Bertz CT molecular complexity index is 1130. The van der Waals surface area contributed by atoms with Crippen LogP contribution >= 0.6 is 0 Å². The van der Waals surface area contributed by atoms with E-state index in [2.05, 4.69) is 20.8 Å². The summed E-state index contributed by atoms with van der Waals surface area (Å²) < 4.78 is 8.19. The molecule has 3 aromatic heterocycles. The summed E-state index contributed by atoms with van der Waals surface area (Å²) in [6.07, 6.45) is 3.20. The highest BCUT2D eigenvalue weighted by atomic mass is 16.3. The molecule has 0 unspecified atom stereocenters. The van der Waals surface area contributed by atoms with E-state index in [4.69, 9.17) is 4.42 Å². The quantitative estimate of drug-likeness (QED) is 0.526. The number of nitrogens with one attached hydrogen (secondary N) is 2. The van der Waals surface area contributed by atoms with Crippen molar-refractivity contribution >= 4 is 23.5 Å². The third kappa shape index (κ3) is 4.24. The Morgan fingerprint density at radius 1 is 1.00 bits per heavy atom. The van der Waals surface area contributed by atoms with Crippen LogP contribution in [0.25, 0.3) is 0 Å². The number of anilines is 2. The lowest BCUT2D eigenvalue weighted by Gasteiger charge is -2.01. The molecular weight excluding hydrogens is 372 g/mol. The first-order valence-electron chi connectivity index (χ1n) is 8.86. The van der Waals surface area contributed by atoms with Gasteiger partial charge in [0.25, 0.3) is 11.8 Å². The van der Waals surface area contributed by atoms with Crippen LogP contribution in [0.15, 0.2) is 71.5 Å². The SMILES string of the molecule is Cn1nc(C(=O)Nc2ccn(Cc3ccccc3)n2)cc1NC(=O)c1ccco1. The Kier molecular flexibility index (Phi) is 4.93. The van der Waals surface area contributed by atoms with Crippen LogP contribution in [0.1, 0.15) is 26.6 Å². The first-order chi connectivity index (χ1) is 14.1. The summed E-state index contributed by atoms with van der Waals surface area (Å²) in [5.41, 5.74) is 1.26. The van der Waals surface area contributed by atoms with E-state index >= 15 is 0 Å². The number of hydrogen-bond donors (Lipinski definition) is 2. The maximum Gasteiger partial charge on any atom is 0.292 e. The van der Waals surface area contributed by atoms with Gasteiger partial charge in [-0.1, -0.05) is 30.3 Å². The van der Waals surface area contributed by atoms with Crippen LogP contribution in [0.2, 0.25) is 0 Å². The summed E-state index contributed by atoms with van der Waals surface area (Å²) in [4.78, 5) is 24.6. The number of benzene rings is 1.